The molecule has 2 aromatic carbocycles. The van der Waals surface area contributed by atoms with E-state index in [-0.39, 0.29) is 6.10 Å². The Bertz CT molecular complexity index is 601. The lowest BCUT2D eigenvalue weighted by Gasteiger charge is -2.15. The first kappa shape index (κ1) is 16.6. The van der Waals surface area contributed by atoms with Crippen molar-refractivity contribution >= 4 is 27.7 Å². The fourth-order valence-electron chi connectivity index (χ4n) is 2.58. The van der Waals surface area contributed by atoms with Gasteiger partial charge < -0.3 is 5.11 Å². The second-order valence-electron chi connectivity index (χ2n) is 5.50. The molecule has 2 rings (SSSR count). The molecule has 21 heavy (non-hydrogen) atoms. The standard InChI is InChI=1S/C18H21BrOS/c1-12-7-13(2)18(14(3)8-12)10-16(20)11-21-17-6-4-5-15(19)9-17/h4-9,16,20H,10-11H2,1-3H3. The van der Waals surface area contributed by atoms with Crippen LogP contribution in [0.4, 0.5) is 0 Å². The highest BCUT2D eigenvalue weighted by Gasteiger charge is 2.11. The molecule has 0 aliphatic carbocycles. The number of halogens is 1. The van der Waals surface area contributed by atoms with Crippen molar-refractivity contribution in [2.75, 3.05) is 5.75 Å². The molecule has 0 aliphatic rings. The largest absolute Gasteiger partial charge is 0.392 e. The van der Waals surface area contributed by atoms with Gasteiger partial charge in [0.1, 0.15) is 0 Å². The van der Waals surface area contributed by atoms with Crippen LogP contribution in [0.25, 0.3) is 0 Å². The quantitative estimate of drug-likeness (QED) is 0.747. The minimum atomic E-state index is -0.325. The third-order valence-corrected chi connectivity index (χ3v) is 5.15. The summed E-state index contributed by atoms with van der Waals surface area (Å²) in [5.74, 6) is 0.712. The molecule has 0 fully saturated rings. The Morgan fingerprint density at radius 3 is 2.38 bits per heavy atom. The Morgan fingerprint density at radius 1 is 1.10 bits per heavy atom. The van der Waals surface area contributed by atoms with E-state index < -0.39 is 0 Å². The fourth-order valence-corrected chi connectivity index (χ4v) is 4.01. The van der Waals surface area contributed by atoms with E-state index in [4.69, 9.17) is 0 Å². The summed E-state index contributed by atoms with van der Waals surface area (Å²) in [7, 11) is 0. The molecule has 0 radical (unpaired) electrons. The molecule has 0 heterocycles. The number of hydrogen-bond donors (Lipinski definition) is 1. The Kier molecular flexibility index (Phi) is 5.91. The van der Waals surface area contributed by atoms with Crippen LogP contribution in [0.3, 0.4) is 0 Å². The first-order valence-corrected chi connectivity index (χ1v) is 8.86. The second kappa shape index (κ2) is 7.48. The smallest absolute Gasteiger partial charge is 0.0674 e. The topological polar surface area (TPSA) is 20.2 Å². The zero-order valence-corrected chi connectivity index (χ0v) is 15.1. The predicted molar refractivity (Wildman–Crippen MR) is 95.2 cm³/mol. The Morgan fingerprint density at radius 2 is 1.76 bits per heavy atom. The third-order valence-electron chi connectivity index (χ3n) is 3.52. The summed E-state index contributed by atoms with van der Waals surface area (Å²) in [6, 6.07) is 12.6. The minimum Gasteiger partial charge on any atom is -0.392 e. The Balaban J connectivity index is 1.97. The average molecular weight is 365 g/mol. The number of aryl methyl sites for hydroxylation is 3. The van der Waals surface area contributed by atoms with Crippen LogP contribution in [0.15, 0.2) is 45.8 Å². The van der Waals surface area contributed by atoms with Gasteiger partial charge in [-0.3, -0.25) is 0 Å². The van der Waals surface area contributed by atoms with Crippen LogP contribution in [0, 0.1) is 20.8 Å². The SMILES string of the molecule is Cc1cc(C)c(CC(O)CSc2cccc(Br)c2)c(C)c1. The molecular formula is C18H21BrOS. The number of aliphatic hydroxyl groups excluding tert-OH is 1. The summed E-state index contributed by atoms with van der Waals surface area (Å²) in [5, 5.41) is 10.3. The van der Waals surface area contributed by atoms with Crippen molar-refractivity contribution in [2.45, 2.75) is 38.2 Å². The molecule has 1 atom stereocenters. The van der Waals surface area contributed by atoms with Crippen LogP contribution < -0.4 is 0 Å². The van der Waals surface area contributed by atoms with Gasteiger partial charge in [-0.05, 0) is 62.1 Å². The highest BCUT2D eigenvalue weighted by Crippen LogP contribution is 2.24. The first-order valence-electron chi connectivity index (χ1n) is 7.09. The van der Waals surface area contributed by atoms with Crippen molar-refractivity contribution < 1.29 is 5.11 Å². The van der Waals surface area contributed by atoms with Crippen LogP contribution in [-0.4, -0.2) is 17.0 Å². The van der Waals surface area contributed by atoms with Gasteiger partial charge in [0, 0.05) is 15.1 Å². The van der Waals surface area contributed by atoms with E-state index in [1.54, 1.807) is 11.8 Å². The maximum absolute atomic E-state index is 10.3. The van der Waals surface area contributed by atoms with Crippen molar-refractivity contribution in [3.8, 4) is 0 Å². The van der Waals surface area contributed by atoms with E-state index >= 15 is 0 Å². The fraction of sp³-hybridized carbons (Fsp3) is 0.333. The molecular weight excluding hydrogens is 344 g/mol. The van der Waals surface area contributed by atoms with Crippen LogP contribution in [0.1, 0.15) is 22.3 Å². The van der Waals surface area contributed by atoms with E-state index in [0.717, 1.165) is 10.9 Å². The molecule has 112 valence electrons. The number of rotatable bonds is 5. The van der Waals surface area contributed by atoms with E-state index in [9.17, 15) is 5.11 Å². The summed E-state index contributed by atoms with van der Waals surface area (Å²) >= 11 is 5.17. The lowest BCUT2D eigenvalue weighted by Crippen LogP contribution is -2.15. The number of aliphatic hydroxyl groups is 1. The molecule has 0 aliphatic heterocycles. The molecule has 1 unspecified atom stereocenters. The van der Waals surface area contributed by atoms with Crippen molar-refractivity contribution in [2.24, 2.45) is 0 Å². The molecule has 0 saturated heterocycles. The summed E-state index contributed by atoms with van der Waals surface area (Å²) in [6.45, 7) is 6.37. The number of thioether (sulfide) groups is 1. The van der Waals surface area contributed by atoms with Gasteiger partial charge in [-0.25, -0.2) is 0 Å². The van der Waals surface area contributed by atoms with Crippen LogP contribution >= 0.6 is 27.7 Å². The summed E-state index contributed by atoms with van der Waals surface area (Å²) in [4.78, 5) is 1.18. The molecule has 0 aromatic heterocycles. The van der Waals surface area contributed by atoms with Gasteiger partial charge in [-0.15, -0.1) is 11.8 Å². The summed E-state index contributed by atoms with van der Waals surface area (Å²) < 4.78 is 1.08. The molecule has 3 heteroatoms. The van der Waals surface area contributed by atoms with Crippen molar-refractivity contribution in [3.63, 3.8) is 0 Å². The van der Waals surface area contributed by atoms with Crippen LogP contribution in [0.2, 0.25) is 0 Å². The van der Waals surface area contributed by atoms with Gasteiger partial charge in [0.15, 0.2) is 0 Å². The van der Waals surface area contributed by atoms with Crippen LogP contribution in [0.5, 0.6) is 0 Å². The van der Waals surface area contributed by atoms with Crippen molar-refractivity contribution in [1.82, 2.24) is 0 Å². The monoisotopic (exact) mass is 364 g/mol. The van der Waals surface area contributed by atoms with Gasteiger partial charge in [-0.1, -0.05) is 39.7 Å². The predicted octanol–water partition coefficient (Wildman–Crippen LogP) is 5.07. The minimum absolute atomic E-state index is 0.325. The van der Waals surface area contributed by atoms with Crippen LogP contribution in [-0.2, 0) is 6.42 Å². The van der Waals surface area contributed by atoms with Crippen molar-refractivity contribution in [3.05, 3.63) is 63.1 Å². The van der Waals surface area contributed by atoms with Gasteiger partial charge in [0.25, 0.3) is 0 Å². The average Bonchev–Trinajstić information content (AvgIpc) is 2.40. The lowest BCUT2D eigenvalue weighted by atomic mass is 9.96. The molecule has 0 saturated carbocycles. The maximum atomic E-state index is 10.3. The molecule has 2 aromatic rings. The molecule has 1 N–H and O–H groups in total. The van der Waals surface area contributed by atoms with E-state index in [2.05, 4.69) is 61.0 Å². The second-order valence-corrected chi connectivity index (χ2v) is 7.51. The number of hydrogen-bond acceptors (Lipinski definition) is 2. The molecule has 0 bridgehead atoms. The first-order chi connectivity index (χ1) is 9.95. The maximum Gasteiger partial charge on any atom is 0.0674 e. The van der Waals surface area contributed by atoms with Gasteiger partial charge >= 0.3 is 0 Å². The zero-order valence-electron chi connectivity index (χ0n) is 12.7. The highest BCUT2D eigenvalue weighted by molar-refractivity contribution is 9.10. The van der Waals surface area contributed by atoms with Gasteiger partial charge in [0.05, 0.1) is 6.10 Å². The van der Waals surface area contributed by atoms with Gasteiger partial charge in [0.2, 0.25) is 0 Å². The number of benzene rings is 2. The third kappa shape index (κ3) is 4.87. The van der Waals surface area contributed by atoms with E-state index in [0.29, 0.717) is 5.75 Å². The van der Waals surface area contributed by atoms with Gasteiger partial charge in [-0.2, -0.15) is 0 Å². The van der Waals surface area contributed by atoms with E-state index in [1.165, 1.54) is 27.1 Å². The molecule has 1 nitrogen and oxygen atoms in total. The summed E-state index contributed by atoms with van der Waals surface area (Å²) in [6.07, 6.45) is 0.396. The highest BCUT2D eigenvalue weighted by atomic mass is 79.9. The summed E-state index contributed by atoms with van der Waals surface area (Å²) in [5.41, 5.74) is 5.12. The normalized spacial score (nSPS) is 12.4. The Labute approximate surface area is 139 Å². The zero-order chi connectivity index (χ0) is 15.4. The molecule has 0 spiro atoms. The molecule has 0 amide bonds. The van der Waals surface area contributed by atoms with E-state index in [1.807, 2.05) is 12.1 Å². The Hall–Kier alpha value is -0.770. The van der Waals surface area contributed by atoms with Crippen molar-refractivity contribution in [1.29, 1.82) is 0 Å². The lowest BCUT2D eigenvalue weighted by molar-refractivity contribution is 0.199.